The summed E-state index contributed by atoms with van der Waals surface area (Å²) >= 11 is 1.33. The van der Waals surface area contributed by atoms with Crippen molar-refractivity contribution in [3.63, 3.8) is 0 Å². The minimum absolute atomic E-state index is 0.576. The predicted molar refractivity (Wildman–Crippen MR) is 70.1 cm³/mol. The molecule has 2 aromatic rings. The molecule has 1 aromatic heterocycles. The van der Waals surface area contributed by atoms with E-state index in [1.165, 1.54) is 11.3 Å². The van der Waals surface area contributed by atoms with Crippen LogP contribution in [0.4, 0.5) is 0 Å². The second-order valence-electron chi connectivity index (χ2n) is 3.66. The van der Waals surface area contributed by atoms with Gasteiger partial charge in [-0.05, 0) is 24.6 Å². The lowest BCUT2D eigenvalue weighted by atomic mass is 10.1. The standard InChI is InChI=1S/C13H12N2O2S/c1-8-4-12(17-3)10(5-11(8)16-2)13-15-7-9(6-14)18-13/h4-5,7H,1-3H3. The highest BCUT2D eigenvalue weighted by atomic mass is 32.1. The van der Waals surface area contributed by atoms with E-state index < -0.39 is 0 Å². The Morgan fingerprint density at radius 2 is 1.94 bits per heavy atom. The molecule has 18 heavy (non-hydrogen) atoms. The van der Waals surface area contributed by atoms with Crippen LogP contribution in [0.2, 0.25) is 0 Å². The van der Waals surface area contributed by atoms with Crippen LogP contribution in [0.3, 0.4) is 0 Å². The fourth-order valence-corrected chi connectivity index (χ4v) is 2.40. The number of aryl methyl sites for hydroxylation is 1. The molecule has 0 fully saturated rings. The Morgan fingerprint density at radius 3 is 2.50 bits per heavy atom. The van der Waals surface area contributed by atoms with Crippen molar-refractivity contribution in [3.05, 3.63) is 28.8 Å². The average Bonchev–Trinajstić information content (AvgIpc) is 2.87. The summed E-state index contributed by atoms with van der Waals surface area (Å²) in [6.07, 6.45) is 1.56. The van der Waals surface area contributed by atoms with Crippen LogP contribution in [0.5, 0.6) is 11.5 Å². The summed E-state index contributed by atoms with van der Waals surface area (Å²) in [5, 5.41) is 9.59. The number of nitriles is 1. The van der Waals surface area contributed by atoms with Gasteiger partial charge < -0.3 is 9.47 Å². The van der Waals surface area contributed by atoms with Gasteiger partial charge in [-0.3, -0.25) is 0 Å². The van der Waals surface area contributed by atoms with E-state index in [-0.39, 0.29) is 0 Å². The van der Waals surface area contributed by atoms with Crippen LogP contribution in [0.25, 0.3) is 10.6 Å². The number of rotatable bonds is 3. The Bertz CT molecular complexity index is 614. The van der Waals surface area contributed by atoms with Crippen molar-refractivity contribution < 1.29 is 9.47 Å². The van der Waals surface area contributed by atoms with E-state index in [4.69, 9.17) is 14.7 Å². The van der Waals surface area contributed by atoms with Crippen molar-refractivity contribution >= 4 is 11.3 Å². The van der Waals surface area contributed by atoms with Crippen molar-refractivity contribution in [3.8, 4) is 28.1 Å². The first-order chi connectivity index (χ1) is 8.69. The number of hydrogen-bond donors (Lipinski definition) is 0. The van der Waals surface area contributed by atoms with Crippen LogP contribution in [-0.2, 0) is 0 Å². The third-order valence-corrected chi connectivity index (χ3v) is 3.50. The number of nitrogens with zero attached hydrogens (tertiary/aromatic N) is 2. The summed E-state index contributed by atoms with van der Waals surface area (Å²) in [6.45, 7) is 1.95. The number of benzene rings is 1. The van der Waals surface area contributed by atoms with Gasteiger partial charge in [0.2, 0.25) is 0 Å². The number of ether oxygens (including phenoxy) is 2. The Morgan fingerprint density at radius 1 is 1.22 bits per heavy atom. The monoisotopic (exact) mass is 260 g/mol. The molecule has 0 amide bonds. The Kier molecular flexibility index (Phi) is 3.49. The highest BCUT2D eigenvalue weighted by Gasteiger charge is 2.13. The average molecular weight is 260 g/mol. The molecule has 0 spiro atoms. The summed E-state index contributed by atoms with van der Waals surface area (Å²) in [6, 6.07) is 5.87. The van der Waals surface area contributed by atoms with E-state index in [1.54, 1.807) is 20.4 Å². The molecule has 0 saturated heterocycles. The van der Waals surface area contributed by atoms with Crippen LogP contribution in [0.15, 0.2) is 18.3 Å². The fraction of sp³-hybridized carbons (Fsp3) is 0.231. The van der Waals surface area contributed by atoms with Crippen LogP contribution < -0.4 is 9.47 Å². The normalized spacial score (nSPS) is 9.89. The van der Waals surface area contributed by atoms with E-state index in [0.29, 0.717) is 4.88 Å². The molecular formula is C13H12N2O2S. The second kappa shape index (κ2) is 5.07. The number of hydrogen-bond acceptors (Lipinski definition) is 5. The smallest absolute Gasteiger partial charge is 0.129 e. The molecule has 5 heteroatoms. The highest BCUT2D eigenvalue weighted by Crippen LogP contribution is 2.37. The van der Waals surface area contributed by atoms with Gasteiger partial charge in [0.05, 0.1) is 26.0 Å². The van der Waals surface area contributed by atoms with Gasteiger partial charge in [-0.15, -0.1) is 11.3 Å². The molecule has 1 aromatic carbocycles. The summed E-state index contributed by atoms with van der Waals surface area (Å²) in [5.74, 6) is 1.51. The zero-order chi connectivity index (χ0) is 13.1. The van der Waals surface area contributed by atoms with Gasteiger partial charge in [0.25, 0.3) is 0 Å². The maximum Gasteiger partial charge on any atom is 0.129 e. The quantitative estimate of drug-likeness (QED) is 0.851. The first kappa shape index (κ1) is 12.4. The lowest BCUT2D eigenvalue weighted by molar-refractivity contribution is 0.402. The first-order valence-electron chi connectivity index (χ1n) is 5.28. The van der Waals surface area contributed by atoms with E-state index in [2.05, 4.69) is 11.1 Å². The molecule has 92 valence electrons. The van der Waals surface area contributed by atoms with E-state index >= 15 is 0 Å². The molecule has 4 nitrogen and oxygen atoms in total. The highest BCUT2D eigenvalue weighted by molar-refractivity contribution is 7.15. The molecular weight excluding hydrogens is 248 g/mol. The SMILES string of the molecule is COc1cc(-c2ncc(C#N)s2)c(OC)cc1C. The lowest BCUT2D eigenvalue weighted by Gasteiger charge is -2.11. The Balaban J connectivity index is 2.58. The molecule has 0 bridgehead atoms. The lowest BCUT2D eigenvalue weighted by Crippen LogP contribution is -1.93. The molecule has 0 N–H and O–H groups in total. The zero-order valence-corrected chi connectivity index (χ0v) is 11.2. The third kappa shape index (κ3) is 2.15. The van der Waals surface area contributed by atoms with Crippen LogP contribution in [-0.4, -0.2) is 19.2 Å². The molecule has 0 unspecified atom stereocenters. The molecule has 2 rings (SSSR count). The van der Waals surface area contributed by atoms with Crippen molar-refractivity contribution in [2.45, 2.75) is 6.92 Å². The fourth-order valence-electron chi connectivity index (χ4n) is 1.67. The van der Waals surface area contributed by atoms with Gasteiger partial charge in [0.1, 0.15) is 27.5 Å². The largest absolute Gasteiger partial charge is 0.496 e. The third-order valence-electron chi connectivity index (χ3n) is 2.56. The van der Waals surface area contributed by atoms with Crippen molar-refractivity contribution in [1.82, 2.24) is 4.98 Å². The maximum atomic E-state index is 8.83. The molecule has 1 heterocycles. The van der Waals surface area contributed by atoms with Crippen molar-refractivity contribution in [2.75, 3.05) is 14.2 Å². The number of aromatic nitrogens is 1. The topological polar surface area (TPSA) is 55.1 Å². The van der Waals surface area contributed by atoms with Gasteiger partial charge in [-0.1, -0.05) is 0 Å². The Labute approximate surface area is 109 Å². The predicted octanol–water partition coefficient (Wildman–Crippen LogP) is 3.01. The van der Waals surface area contributed by atoms with E-state index in [9.17, 15) is 0 Å². The summed E-state index contributed by atoms with van der Waals surface area (Å²) in [5.41, 5.74) is 1.83. The van der Waals surface area contributed by atoms with Crippen molar-refractivity contribution in [2.24, 2.45) is 0 Å². The minimum atomic E-state index is 0.576. The molecule has 0 atom stereocenters. The van der Waals surface area contributed by atoms with Crippen LogP contribution >= 0.6 is 11.3 Å². The molecule has 0 saturated carbocycles. The molecule has 0 radical (unpaired) electrons. The zero-order valence-electron chi connectivity index (χ0n) is 10.4. The van der Waals surface area contributed by atoms with E-state index in [1.807, 2.05) is 19.1 Å². The van der Waals surface area contributed by atoms with Gasteiger partial charge in [-0.2, -0.15) is 5.26 Å². The van der Waals surface area contributed by atoms with E-state index in [0.717, 1.165) is 27.6 Å². The molecule has 0 aliphatic heterocycles. The molecule has 0 aliphatic rings. The summed E-state index contributed by atoms with van der Waals surface area (Å²) in [7, 11) is 3.24. The van der Waals surface area contributed by atoms with Crippen molar-refractivity contribution in [1.29, 1.82) is 5.26 Å². The number of methoxy groups -OCH3 is 2. The van der Waals surface area contributed by atoms with Crippen LogP contribution in [0, 0.1) is 18.3 Å². The van der Waals surface area contributed by atoms with Gasteiger partial charge in [0.15, 0.2) is 0 Å². The van der Waals surface area contributed by atoms with Gasteiger partial charge in [-0.25, -0.2) is 4.98 Å². The maximum absolute atomic E-state index is 8.83. The molecule has 0 aliphatic carbocycles. The second-order valence-corrected chi connectivity index (χ2v) is 4.69. The van der Waals surface area contributed by atoms with Gasteiger partial charge in [0, 0.05) is 0 Å². The number of thiazole rings is 1. The summed E-state index contributed by atoms with van der Waals surface area (Å²) in [4.78, 5) is 4.81. The minimum Gasteiger partial charge on any atom is -0.496 e. The Hall–Kier alpha value is -2.06. The summed E-state index contributed by atoms with van der Waals surface area (Å²) < 4.78 is 10.6. The first-order valence-corrected chi connectivity index (χ1v) is 6.10. The van der Waals surface area contributed by atoms with Gasteiger partial charge >= 0.3 is 0 Å². The van der Waals surface area contributed by atoms with Crippen LogP contribution in [0.1, 0.15) is 10.4 Å².